The zero-order valence-corrected chi connectivity index (χ0v) is 11.0. The van der Waals surface area contributed by atoms with Crippen molar-refractivity contribution in [1.82, 2.24) is 15.1 Å². The van der Waals surface area contributed by atoms with Crippen LogP contribution in [0.4, 0.5) is 0 Å². The van der Waals surface area contributed by atoms with E-state index < -0.39 is 0 Å². The third kappa shape index (κ3) is 2.66. The number of methoxy groups -OCH3 is 1. The Morgan fingerprint density at radius 1 is 1.10 bits per heavy atom. The van der Waals surface area contributed by atoms with Crippen molar-refractivity contribution in [1.29, 1.82) is 0 Å². The second-order valence-electron chi connectivity index (χ2n) is 4.24. The topological polar surface area (TPSA) is 61.0 Å². The van der Waals surface area contributed by atoms with E-state index in [1.54, 1.807) is 13.3 Å². The van der Waals surface area contributed by atoms with Crippen molar-refractivity contribution >= 4 is 0 Å². The van der Waals surface area contributed by atoms with Gasteiger partial charge in [-0.15, -0.1) is 0 Å². The molecule has 0 N–H and O–H groups in total. The number of ether oxygens (including phenoxy) is 1. The fourth-order valence-corrected chi connectivity index (χ4v) is 1.82. The third-order valence-corrected chi connectivity index (χ3v) is 2.87. The molecule has 100 valence electrons. The lowest BCUT2D eigenvalue weighted by atomic mass is 10.2. The highest BCUT2D eigenvalue weighted by Gasteiger charge is 2.09. The van der Waals surface area contributed by atoms with Crippen LogP contribution < -0.4 is 4.74 Å². The fraction of sp³-hybridized carbons (Fsp3) is 0.133. The quantitative estimate of drug-likeness (QED) is 0.727. The number of aromatic nitrogens is 3. The standard InChI is InChI=1S/C15H13N3O2/c1-19-13-8-7-12(16-10-13)9-14-17-15(18-20-14)11-5-3-2-4-6-11/h2-8,10H,9H2,1H3. The molecule has 3 aromatic rings. The summed E-state index contributed by atoms with van der Waals surface area (Å²) in [7, 11) is 1.61. The van der Waals surface area contributed by atoms with Crippen LogP contribution in [0.5, 0.6) is 5.75 Å². The molecule has 0 aliphatic rings. The van der Waals surface area contributed by atoms with Crippen LogP contribution in [0.3, 0.4) is 0 Å². The van der Waals surface area contributed by atoms with Crippen LogP contribution in [-0.2, 0) is 6.42 Å². The molecule has 1 aromatic carbocycles. The summed E-state index contributed by atoms with van der Waals surface area (Å²) in [5.41, 5.74) is 1.79. The molecule has 0 amide bonds. The minimum atomic E-state index is 0.504. The van der Waals surface area contributed by atoms with Crippen LogP contribution in [0.1, 0.15) is 11.6 Å². The Kier molecular flexibility index (Phi) is 3.41. The van der Waals surface area contributed by atoms with Crippen LogP contribution in [0, 0.1) is 0 Å². The molecule has 2 heterocycles. The second-order valence-corrected chi connectivity index (χ2v) is 4.24. The van der Waals surface area contributed by atoms with Gasteiger partial charge < -0.3 is 9.26 Å². The minimum absolute atomic E-state index is 0.504. The van der Waals surface area contributed by atoms with Gasteiger partial charge in [-0.1, -0.05) is 35.5 Å². The fourth-order valence-electron chi connectivity index (χ4n) is 1.82. The maximum absolute atomic E-state index is 5.25. The van der Waals surface area contributed by atoms with E-state index in [1.165, 1.54) is 0 Å². The van der Waals surface area contributed by atoms with Gasteiger partial charge in [0.15, 0.2) is 0 Å². The van der Waals surface area contributed by atoms with E-state index >= 15 is 0 Å². The third-order valence-electron chi connectivity index (χ3n) is 2.87. The van der Waals surface area contributed by atoms with Crippen molar-refractivity contribution in [2.45, 2.75) is 6.42 Å². The molecule has 0 saturated heterocycles. The van der Waals surface area contributed by atoms with Gasteiger partial charge in [-0.05, 0) is 12.1 Å². The highest BCUT2D eigenvalue weighted by atomic mass is 16.5. The lowest BCUT2D eigenvalue weighted by Gasteiger charge is -1.99. The zero-order chi connectivity index (χ0) is 13.8. The maximum atomic E-state index is 5.25. The summed E-state index contributed by atoms with van der Waals surface area (Å²) in [5.74, 6) is 1.86. The molecule has 0 atom stereocenters. The molecule has 0 bridgehead atoms. The number of hydrogen-bond acceptors (Lipinski definition) is 5. The number of pyridine rings is 1. The zero-order valence-electron chi connectivity index (χ0n) is 11.0. The molecule has 0 saturated carbocycles. The van der Waals surface area contributed by atoms with Crippen LogP contribution in [-0.4, -0.2) is 22.2 Å². The largest absolute Gasteiger partial charge is 0.495 e. The molecular formula is C15H13N3O2. The van der Waals surface area contributed by atoms with Crippen LogP contribution in [0.25, 0.3) is 11.4 Å². The van der Waals surface area contributed by atoms with Crippen LogP contribution in [0.2, 0.25) is 0 Å². The van der Waals surface area contributed by atoms with E-state index in [2.05, 4.69) is 15.1 Å². The molecule has 0 radical (unpaired) electrons. The van der Waals surface area contributed by atoms with Crippen molar-refractivity contribution < 1.29 is 9.26 Å². The Labute approximate surface area is 116 Å². The maximum Gasteiger partial charge on any atom is 0.232 e. The lowest BCUT2D eigenvalue weighted by molar-refractivity contribution is 0.384. The molecule has 5 heteroatoms. The summed E-state index contributed by atoms with van der Waals surface area (Å²) in [4.78, 5) is 8.64. The number of nitrogens with zero attached hydrogens (tertiary/aromatic N) is 3. The molecule has 0 spiro atoms. The first-order valence-corrected chi connectivity index (χ1v) is 6.22. The predicted molar refractivity (Wildman–Crippen MR) is 73.3 cm³/mol. The smallest absolute Gasteiger partial charge is 0.232 e. The molecule has 2 aromatic heterocycles. The lowest BCUT2D eigenvalue weighted by Crippen LogP contribution is -1.93. The van der Waals surface area contributed by atoms with Gasteiger partial charge in [-0.3, -0.25) is 4.98 Å². The average molecular weight is 267 g/mol. The van der Waals surface area contributed by atoms with Gasteiger partial charge in [-0.2, -0.15) is 4.98 Å². The molecule has 5 nitrogen and oxygen atoms in total. The van der Waals surface area contributed by atoms with E-state index in [4.69, 9.17) is 9.26 Å². The van der Waals surface area contributed by atoms with Crippen LogP contribution >= 0.6 is 0 Å². The molecule has 0 fully saturated rings. The van der Waals surface area contributed by atoms with E-state index in [-0.39, 0.29) is 0 Å². The highest BCUT2D eigenvalue weighted by molar-refractivity contribution is 5.53. The average Bonchev–Trinajstić information content (AvgIpc) is 2.97. The highest BCUT2D eigenvalue weighted by Crippen LogP contribution is 2.16. The van der Waals surface area contributed by atoms with Crippen molar-refractivity contribution in [3.05, 3.63) is 60.2 Å². The summed E-state index contributed by atoms with van der Waals surface area (Å²) in [5, 5.41) is 3.98. The first kappa shape index (κ1) is 12.3. The van der Waals surface area contributed by atoms with Crippen molar-refractivity contribution in [2.75, 3.05) is 7.11 Å². The van der Waals surface area contributed by atoms with E-state index in [9.17, 15) is 0 Å². The second kappa shape index (κ2) is 5.52. The van der Waals surface area contributed by atoms with Crippen molar-refractivity contribution in [3.8, 4) is 17.1 Å². The Hall–Kier alpha value is -2.69. The Bertz CT molecular complexity index is 678. The number of rotatable bonds is 4. The Morgan fingerprint density at radius 2 is 1.95 bits per heavy atom. The van der Waals surface area contributed by atoms with E-state index in [0.717, 1.165) is 17.0 Å². The van der Waals surface area contributed by atoms with Crippen molar-refractivity contribution in [3.63, 3.8) is 0 Å². The minimum Gasteiger partial charge on any atom is -0.495 e. The summed E-state index contributed by atoms with van der Waals surface area (Å²) in [6.07, 6.45) is 2.17. The number of benzene rings is 1. The van der Waals surface area contributed by atoms with Crippen LogP contribution in [0.15, 0.2) is 53.2 Å². The molecule has 0 aliphatic heterocycles. The normalized spacial score (nSPS) is 10.4. The van der Waals surface area contributed by atoms with Gasteiger partial charge >= 0.3 is 0 Å². The predicted octanol–water partition coefficient (Wildman–Crippen LogP) is 2.73. The molecule has 3 rings (SSSR count). The first-order chi connectivity index (χ1) is 9.85. The monoisotopic (exact) mass is 267 g/mol. The first-order valence-electron chi connectivity index (χ1n) is 6.22. The van der Waals surface area contributed by atoms with Gasteiger partial charge in [0.1, 0.15) is 5.75 Å². The molecule has 0 aliphatic carbocycles. The summed E-state index contributed by atoms with van der Waals surface area (Å²) >= 11 is 0. The Morgan fingerprint density at radius 3 is 2.65 bits per heavy atom. The summed E-state index contributed by atoms with van der Waals surface area (Å²) in [6.45, 7) is 0. The van der Waals surface area contributed by atoms with Crippen molar-refractivity contribution in [2.24, 2.45) is 0 Å². The summed E-state index contributed by atoms with van der Waals surface area (Å²) in [6, 6.07) is 13.5. The van der Waals surface area contributed by atoms with Gasteiger partial charge in [0.2, 0.25) is 11.7 Å². The Balaban J connectivity index is 1.77. The van der Waals surface area contributed by atoms with Gasteiger partial charge in [0.05, 0.1) is 19.7 Å². The SMILES string of the molecule is COc1ccc(Cc2nc(-c3ccccc3)no2)nc1. The molecule has 0 unspecified atom stereocenters. The van der Waals surface area contributed by atoms with Gasteiger partial charge in [0, 0.05) is 11.3 Å². The molecule has 20 heavy (non-hydrogen) atoms. The van der Waals surface area contributed by atoms with E-state index in [1.807, 2.05) is 42.5 Å². The van der Waals surface area contributed by atoms with Gasteiger partial charge in [-0.25, -0.2) is 0 Å². The summed E-state index contributed by atoms with van der Waals surface area (Å²) < 4.78 is 10.3. The van der Waals surface area contributed by atoms with Gasteiger partial charge in [0.25, 0.3) is 0 Å². The molecular weight excluding hydrogens is 254 g/mol. The van der Waals surface area contributed by atoms with E-state index in [0.29, 0.717) is 18.1 Å². The number of hydrogen-bond donors (Lipinski definition) is 0.